The van der Waals surface area contributed by atoms with Gasteiger partial charge in [0.1, 0.15) is 5.03 Å². The normalized spacial score (nSPS) is 11.2. The van der Waals surface area contributed by atoms with Gasteiger partial charge in [0, 0.05) is 16.8 Å². The molecule has 1 heterocycles. The molecule has 0 unspecified atom stereocenters. The zero-order valence-electron chi connectivity index (χ0n) is 10.5. The Balaban J connectivity index is 2.06. The summed E-state index contributed by atoms with van der Waals surface area (Å²) in [7, 11) is 0. The third kappa shape index (κ3) is 4.61. The van der Waals surface area contributed by atoms with Crippen LogP contribution in [0, 0.1) is 0 Å². The first-order valence-corrected chi connectivity index (χ1v) is 6.95. The van der Waals surface area contributed by atoms with Gasteiger partial charge >= 0.3 is 6.18 Å². The number of nitrogens with one attached hydrogen (secondary N) is 1. The highest BCUT2D eigenvalue weighted by Gasteiger charge is 2.30. The molecule has 0 saturated carbocycles. The van der Waals surface area contributed by atoms with Crippen LogP contribution in [0.4, 0.5) is 18.9 Å². The average Bonchev–Trinajstić information content (AvgIpc) is 2.40. The van der Waals surface area contributed by atoms with E-state index in [-0.39, 0.29) is 5.11 Å². The highest BCUT2D eigenvalue weighted by atomic mass is 32.2. The third-order valence-corrected chi connectivity index (χ3v) is 3.47. The van der Waals surface area contributed by atoms with Gasteiger partial charge in [-0.25, -0.2) is 4.98 Å². The largest absolute Gasteiger partial charge is 0.417 e. The summed E-state index contributed by atoms with van der Waals surface area (Å²) in [5.41, 5.74) is 5.33. The number of hydrogen-bond acceptors (Lipinski definition) is 3. The molecule has 0 amide bonds. The number of aromatic nitrogens is 1. The van der Waals surface area contributed by atoms with Gasteiger partial charge in [-0.05, 0) is 48.6 Å². The molecular weight excluding hydrogens is 319 g/mol. The fourth-order valence-electron chi connectivity index (χ4n) is 1.48. The van der Waals surface area contributed by atoms with E-state index < -0.39 is 11.7 Å². The van der Waals surface area contributed by atoms with Gasteiger partial charge in [-0.1, -0.05) is 11.8 Å². The molecule has 21 heavy (non-hydrogen) atoms. The quantitative estimate of drug-likeness (QED) is 0.836. The molecule has 110 valence electrons. The van der Waals surface area contributed by atoms with Gasteiger partial charge < -0.3 is 11.1 Å². The summed E-state index contributed by atoms with van der Waals surface area (Å²) in [4.78, 5) is 4.64. The highest BCUT2D eigenvalue weighted by Crippen LogP contribution is 2.31. The molecule has 0 saturated heterocycles. The lowest BCUT2D eigenvalue weighted by Crippen LogP contribution is -2.18. The van der Waals surface area contributed by atoms with Gasteiger partial charge in [0.2, 0.25) is 0 Å². The van der Waals surface area contributed by atoms with Crippen molar-refractivity contribution >= 4 is 34.8 Å². The fourth-order valence-corrected chi connectivity index (χ4v) is 2.35. The Hall–Kier alpha value is -1.80. The fraction of sp³-hybridized carbons (Fsp3) is 0.0769. The first kappa shape index (κ1) is 15.6. The number of nitrogens with zero attached hydrogens (tertiary/aromatic N) is 1. The summed E-state index contributed by atoms with van der Waals surface area (Å²) in [5, 5.41) is 3.43. The van der Waals surface area contributed by atoms with Gasteiger partial charge in [-0.2, -0.15) is 13.2 Å². The molecule has 3 N–H and O–H groups in total. The molecule has 8 heteroatoms. The summed E-state index contributed by atoms with van der Waals surface area (Å²) in [6.45, 7) is 0. The monoisotopic (exact) mass is 329 g/mol. The Morgan fingerprint density at radius 1 is 1.14 bits per heavy atom. The summed E-state index contributed by atoms with van der Waals surface area (Å²) in [5.74, 6) is 0. The maximum Gasteiger partial charge on any atom is 0.417 e. The summed E-state index contributed by atoms with van der Waals surface area (Å²) < 4.78 is 37.3. The van der Waals surface area contributed by atoms with Crippen LogP contribution in [-0.4, -0.2) is 10.1 Å². The predicted octanol–water partition coefficient (Wildman–Crippen LogP) is 3.91. The minimum absolute atomic E-state index is 0.166. The van der Waals surface area contributed by atoms with Crippen molar-refractivity contribution in [1.29, 1.82) is 0 Å². The highest BCUT2D eigenvalue weighted by molar-refractivity contribution is 7.99. The van der Waals surface area contributed by atoms with Crippen LogP contribution in [0.3, 0.4) is 0 Å². The third-order valence-electron chi connectivity index (χ3n) is 2.41. The van der Waals surface area contributed by atoms with Crippen LogP contribution in [0.5, 0.6) is 0 Å². The van der Waals surface area contributed by atoms with Crippen molar-refractivity contribution in [3.8, 4) is 0 Å². The lowest BCUT2D eigenvalue weighted by atomic mass is 10.3. The average molecular weight is 329 g/mol. The Kier molecular flexibility index (Phi) is 4.69. The Morgan fingerprint density at radius 3 is 2.29 bits per heavy atom. The predicted molar refractivity (Wildman–Crippen MR) is 80.2 cm³/mol. The smallest absolute Gasteiger partial charge is 0.376 e. The Bertz CT molecular complexity index is 625. The number of anilines is 1. The molecule has 0 aliphatic heterocycles. The zero-order chi connectivity index (χ0) is 15.5. The number of halogens is 3. The second-order valence-electron chi connectivity index (χ2n) is 4.00. The summed E-state index contributed by atoms with van der Waals surface area (Å²) in [6, 6.07) is 9.49. The van der Waals surface area contributed by atoms with E-state index in [9.17, 15) is 13.2 Å². The number of benzene rings is 1. The van der Waals surface area contributed by atoms with Crippen molar-refractivity contribution < 1.29 is 13.2 Å². The summed E-state index contributed by atoms with van der Waals surface area (Å²) >= 11 is 5.98. The maximum atomic E-state index is 12.4. The molecule has 0 bridgehead atoms. The van der Waals surface area contributed by atoms with Crippen LogP contribution < -0.4 is 11.1 Å². The molecule has 3 nitrogen and oxygen atoms in total. The minimum atomic E-state index is -4.37. The lowest BCUT2D eigenvalue weighted by molar-refractivity contribution is -0.137. The van der Waals surface area contributed by atoms with Crippen molar-refractivity contribution in [3.05, 3.63) is 48.2 Å². The molecular formula is C13H10F3N3S2. The number of alkyl halides is 3. The minimum Gasteiger partial charge on any atom is -0.376 e. The van der Waals surface area contributed by atoms with Crippen LogP contribution in [-0.2, 0) is 6.18 Å². The molecule has 0 aliphatic carbocycles. The SMILES string of the molecule is NC(=S)Nc1ccc(Sc2ccc(C(F)(F)F)cn2)cc1. The van der Waals surface area contributed by atoms with Gasteiger partial charge in [-0.3, -0.25) is 0 Å². The van der Waals surface area contributed by atoms with E-state index >= 15 is 0 Å². The van der Waals surface area contributed by atoms with Crippen molar-refractivity contribution in [2.24, 2.45) is 5.73 Å². The van der Waals surface area contributed by atoms with E-state index in [1.54, 1.807) is 24.3 Å². The molecule has 0 spiro atoms. The topological polar surface area (TPSA) is 50.9 Å². The van der Waals surface area contributed by atoms with Crippen LogP contribution in [0.15, 0.2) is 52.5 Å². The van der Waals surface area contributed by atoms with Gasteiger partial charge in [0.05, 0.1) is 5.56 Å². The maximum absolute atomic E-state index is 12.4. The standard InChI is InChI=1S/C13H10F3N3S2/c14-13(15,16)8-1-6-11(18-7-8)21-10-4-2-9(3-5-10)19-12(17)20/h1-7H,(H3,17,19,20). The molecule has 0 radical (unpaired) electrons. The second-order valence-corrected chi connectivity index (χ2v) is 5.53. The van der Waals surface area contributed by atoms with E-state index in [1.165, 1.54) is 17.8 Å². The number of hydrogen-bond donors (Lipinski definition) is 2. The van der Waals surface area contributed by atoms with Crippen LogP contribution in [0.1, 0.15) is 5.56 Å². The van der Waals surface area contributed by atoms with Crippen LogP contribution in [0.2, 0.25) is 0 Å². The molecule has 2 rings (SSSR count). The number of pyridine rings is 1. The molecule has 1 aromatic carbocycles. The molecule has 0 aliphatic rings. The number of nitrogens with two attached hydrogens (primary N) is 1. The van der Waals surface area contributed by atoms with Crippen LogP contribution in [0.25, 0.3) is 0 Å². The van der Waals surface area contributed by atoms with Gasteiger partial charge in [0.25, 0.3) is 0 Å². The first-order chi connectivity index (χ1) is 9.84. The molecule has 0 atom stereocenters. The van der Waals surface area contributed by atoms with Crippen molar-refractivity contribution in [2.45, 2.75) is 16.1 Å². The summed E-state index contributed by atoms with van der Waals surface area (Å²) in [6.07, 6.45) is -3.55. The molecule has 1 aromatic heterocycles. The van der Waals surface area contributed by atoms with Crippen molar-refractivity contribution in [3.63, 3.8) is 0 Å². The van der Waals surface area contributed by atoms with E-state index in [0.717, 1.165) is 22.8 Å². The zero-order valence-corrected chi connectivity index (χ0v) is 12.1. The van der Waals surface area contributed by atoms with Gasteiger partial charge in [0.15, 0.2) is 5.11 Å². The lowest BCUT2D eigenvalue weighted by Gasteiger charge is -2.07. The van der Waals surface area contributed by atoms with E-state index in [4.69, 9.17) is 18.0 Å². The number of rotatable bonds is 3. The van der Waals surface area contributed by atoms with E-state index in [2.05, 4.69) is 10.3 Å². The van der Waals surface area contributed by atoms with Crippen molar-refractivity contribution in [2.75, 3.05) is 5.32 Å². The number of thiocarbonyl (C=S) groups is 1. The van der Waals surface area contributed by atoms with Crippen molar-refractivity contribution in [1.82, 2.24) is 4.98 Å². The van der Waals surface area contributed by atoms with Crippen LogP contribution >= 0.6 is 24.0 Å². The Morgan fingerprint density at radius 2 is 1.81 bits per heavy atom. The van der Waals surface area contributed by atoms with E-state index in [1.807, 2.05) is 0 Å². The second kappa shape index (κ2) is 6.31. The van der Waals surface area contributed by atoms with Gasteiger partial charge in [-0.15, -0.1) is 0 Å². The van der Waals surface area contributed by atoms with E-state index in [0.29, 0.717) is 5.03 Å². The first-order valence-electron chi connectivity index (χ1n) is 5.72. The molecule has 2 aromatic rings. The Labute approximate surface area is 128 Å². The molecule has 0 fully saturated rings.